The highest BCUT2D eigenvalue weighted by Crippen LogP contribution is 2.23. The van der Waals surface area contributed by atoms with Crippen molar-refractivity contribution >= 4 is 29.2 Å². The lowest BCUT2D eigenvalue weighted by Crippen LogP contribution is -2.02. The summed E-state index contributed by atoms with van der Waals surface area (Å²) in [5.74, 6) is -0.288. The lowest BCUT2D eigenvalue weighted by Gasteiger charge is -2.08. The number of nitrogens with one attached hydrogen (secondary N) is 1. The van der Waals surface area contributed by atoms with Crippen LogP contribution in [0, 0.1) is 6.92 Å². The van der Waals surface area contributed by atoms with Crippen molar-refractivity contribution in [1.29, 1.82) is 0 Å². The van der Waals surface area contributed by atoms with Gasteiger partial charge in [0.15, 0.2) is 0 Å². The van der Waals surface area contributed by atoms with Crippen LogP contribution in [0.1, 0.15) is 16.1 Å². The molecular formula is C13H12ClN3O3. The number of benzene rings is 1. The van der Waals surface area contributed by atoms with E-state index in [0.717, 1.165) is 5.69 Å². The van der Waals surface area contributed by atoms with E-state index in [9.17, 15) is 4.79 Å². The van der Waals surface area contributed by atoms with Crippen molar-refractivity contribution in [2.75, 3.05) is 12.4 Å². The van der Waals surface area contributed by atoms with Gasteiger partial charge in [-0.15, -0.1) is 0 Å². The van der Waals surface area contributed by atoms with Crippen molar-refractivity contribution in [3.8, 4) is 5.88 Å². The highest BCUT2D eigenvalue weighted by molar-refractivity contribution is 6.33. The number of carboxylic acids is 1. The van der Waals surface area contributed by atoms with Crippen LogP contribution in [-0.4, -0.2) is 28.2 Å². The Kier molecular flexibility index (Phi) is 4.05. The summed E-state index contributed by atoms with van der Waals surface area (Å²) in [4.78, 5) is 19.2. The fourth-order valence-corrected chi connectivity index (χ4v) is 1.86. The standard InChI is InChI=1S/C13H12ClN3O3/c1-7-5-11(20-2)17-13(15-7)16-8-3-4-9(12(18)19)10(14)6-8/h3-6H,1-2H3,(H,18,19)(H,15,16,17). The number of ether oxygens (including phenoxy) is 1. The first-order valence-corrected chi connectivity index (χ1v) is 6.07. The first kappa shape index (κ1) is 14.1. The molecule has 6 nitrogen and oxygen atoms in total. The van der Waals surface area contributed by atoms with Crippen LogP contribution in [0.25, 0.3) is 0 Å². The largest absolute Gasteiger partial charge is 0.481 e. The minimum Gasteiger partial charge on any atom is -0.481 e. The summed E-state index contributed by atoms with van der Waals surface area (Å²) in [5, 5.41) is 12.0. The number of carboxylic acid groups (broad SMARTS) is 1. The van der Waals surface area contributed by atoms with Crippen molar-refractivity contribution in [3.05, 3.63) is 40.5 Å². The van der Waals surface area contributed by atoms with Gasteiger partial charge >= 0.3 is 5.97 Å². The number of hydrogen-bond acceptors (Lipinski definition) is 5. The third kappa shape index (κ3) is 3.16. The van der Waals surface area contributed by atoms with E-state index in [1.54, 1.807) is 12.1 Å². The van der Waals surface area contributed by atoms with Gasteiger partial charge in [-0.05, 0) is 25.1 Å². The van der Waals surface area contributed by atoms with Gasteiger partial charge in [-0.1, -0.05) is 11.6 Å². The average Bonchev–Trinajstić information content (AvgIpc) is 2.37. The number of aryl methyl sites for hydroxylation is 1. The zero-order chi connectivity index (χ0) is 14.7. The number of hydrogen-bond donors (Lipinski definition) is 2. The maximum absolute atomic E-state index is 10.9. The number of carbonyl (C=O) groups is 1. The minimum atomic E-state index is -1.07. The van der Waals surface area contributed by atoms with E-state index in [1.807, 2.05) is 6.92 Å². The number of nitrogens with zero attached hydrogens (tertiary/aromatic N) is 2. The predicted octanol–water partition coefficient (Wildman–Crippen LogP) is 2.89. The van der Waals surface area contributed by atoms with Gasteiger partial charge in [0.05, 0.1) is 17.7 Å². The van der Waals surface area contributed by atoms with Crippen molar-refractivity contribution in [3.63, 3.8) is 0 Å². The molecule has 0 radical (unpaired) electrons. The van der Waals surface area contributed by atoms with E-state index in [-0.39, 0.29) is 10.6 Å². The van der Waals surface area contributed by atoms with E-state index in [4.69, 9.17) is 21.4 Å². The van der Waals surface area contributed by atoms with Crippen LogP contribution in [0.3, 0.4) is 0 Å². The Balaban J connectivity index is 2.28. The Bertz CT molecular complexity index is 661. The van der Waals surface area contributed by atoms with Gasteiger partial charge in [-0.25, -0.2) is 9.78 Å². The van der Waals surface area contributed by atoms with Gasteiger partial charge in [0, 0.05) is 17.4 Å². The molecule has 0 fully saturated rings. The number of aromatic carboxylic acids is 1. The molecule has 0 aliphatic carbocycles. The number of rotatable bonds is 4. The summed E-state index contributed by atoms with van der Waals surface area (Å²) >= 11 is 5.89. The fraction of sp³-hybridized carbons (Fsp3) is 0.154. The molecule has 0 spiro atoms. The molecule has 2 aromatic rings. The van der Waals surface area contributed by atoms with Gasteiger partial charge in [0.25, 0.3) is 0 Å². The molecule has 0 bridgehead atoms. The normalized spacial score (nSPS) is 10.2. The molecule has 1 heterocycles. The van der Waals surface area contributed by atoms with Crippen molar-refractivity contribution < 1.29 is 14.6 Å². The molecule has 0 atom stereocenters. The van der Waals surface area contributed by atoms with E-state index in [2.05, 4.69) is 15.3 Å². The minimum absolute atomic E-state index is 0.0416. The van der Waals surface area contributed by atoms with Crippen LogP contribution in [0.2, 0.25) is 5.02 Å². The molecule has 2 N–H and O–H groups in total. The summed E-state index contributed by atoms with van der Waals surface area (Å²) in [6.45, 7) is 1.82. The Morgan fingerprint density at radius 1 is 1.35 bits per heavy atom. The number of aromatic nitrogens is 2. The second-order valence-corrected chi connectivity index (χ2v) is 4.41. The van der Waals surface area contributed by atoms with Gasteiger partial charge < -0.3 is 15.2 Å². The highest BCUT2D eigenvalue weighted by atomic mass is 35.5. The molecule has 0 aliphatic heterocycles. The lowest BCUT2D eigenvalue weighted by molar-refractivity contribution is 0.0697. The molecule has 0 aliphatic rings. The summed E-state index contributed by atoms with van der Waals surface area (Å²) in [6, 6.07) is 6.21. The topological polar surface area (TPSA) is 84.3 Å². The van der Waals surface area contributed by atoms with Crippen LogP contribution in [-0.2, 0) is 0 Å². The number of methoxy groups -OCH3 is 1. The van der Waals surface area contributed by atoms with Crippen molar-refractivity contribution in [1.82, 2.24) is 9.97 Å². The van der Waals surface area contributed by atoms with Crippen LogP contribution >= 0.6 is 11.6 Å². The quantitative estimate of drug-likeness (QED) is 0.901. The van der Waals surface area contributed by atoms with Gasteiger partial charge in [0.1, 0.15) is 0 Å². The van der Waals surface area contributed by atoms with Crippen LogP contribution < -0.4 is 10.1 Å². The van der Waals surface area contributed by atoms with Gasteiger partial charge in [0.2, 0.25) is 11.8 Å². The van der Waals surface area contributed by atoms with E-state index >= 15 is 0 Å². The molecule has 0 saturated heterocycles. The SMILES string of the molecule is COc1cc(C)nc(Nc2ccc(C(=O)O)c(Cl)c2)n1. The molecule has 2 rings (SSSR count). The monoisotopic (exact) mass is 293 g/mol. The first-order valence-electron chi connectivity index (χ1n) is 5.69. The summed E-state index contributed by atoms with van der Waals surface area (Å²) in [5.41, 5.74) is 1.38. The molecule has 104 valence electrons. The Morgan fingerprint density at radius 2 is 2.10 bits per heavy atom. The molecule has 7 heteroatoms. The molecule has 20 heavy (non-hydrogen) atoms. The van der Waals surface area contributed by atoms with Gasteiger partial charge in [-0.2, -0.15) is 4.98 Å². The molecule has 1 aromatic carbocycles. The second kappa shape index (κ2) is 5.75. The zero-order valence-electron chi connectivity index (χ0n) is 10.8. The fourth-order valence-electron chi connectivity index (χ4n) is 1.60. The summed E-state index contributed by atoms with van der Waals surface area (Å²) < 4.78 is 5.05. The molecule has 0 saturated carbocycles. The van der Waals surface area contributed by atoms with Gasteiger partial charge in [-0.3, -0.25) is 0 Å². The van der Waals surface area contributed by atoms with Crippen LogP contribution in [0.5, 0.6) is 5.88 Å². The molecule has 0 unspecified atom stereocenters. The maximum atomic E-state index is 10.9. The number of halogens is 1. The molecule has 1 aromatic heterocycles. The van der Waals surface area contributed by atoms with Crippen LogP contribution in [0.15, 0.2) is 24.3 Å². The summed E-state index contributed by atoms with van der Waals surface area (Å²) in [6.07, 6.45) is 0. The zero-order valence-corrected chi connectivity index (χ0v) is 11.6. The summed E-state index contributed by atoms with van der Waals surface area (Å²) in [7, 11) is 1.52. The van der Waals surface area contributed by atoms with Crippen molar-refractivity contribution in [2.45, 2.75) is 6.92 Å². The Hall–Kier alpha value is -2.34. The molecule has 0 amide bonds. The first-order chi connectivity index (χ1) is 9.49. The Morgan fingerprint density at radius 3 is 2.70 bits per heavy atom. The van der Waals surface area contributed by atoms with E-state index in [1.165, 1.54) is 19.2 Å². The molecular weight excluding hydrogens is 282 g/mol. The smallest absolute Gasteiger partial charge is 0.337 e. The van der Waals surface area contributed by atoms with Crippen molar-refractivity contribution in [2.24, 2.45) is 0 Å². The lowest BCUT2D eigenvalue weighted by atomic mass is 10.2. The van der Waals surface area contributed by atoms with E-state index in [0.29, 0.717) is 17.5 Å². The Labute approximate surface area is 120 Å². The average molecular weight is 294 g/mol. The second-order valence-electron chi connectivity index (χ2n) is 4.00. The van der Waals surface area contributed by atoms with E-state index < -0.39 is 5.97 Å². The number of anilines is 2. The predicted molar refractivity (Wildman–Crippen MR) is 75.0 cm³/mol. The third-order valence-electron chi connectivity index (χ3n) is 2.50. The highest BCUT2D eigenvalue weighted by Gasteiger charge is 2.10. The van der Waals surface area contributed by atoms with Crippen LogP contribution in [0.4, 0.5) is 11.6 Å². The maximum Gasteiger partial charge on any atom is 0.337 e. The third-order valence-corrected chi connectivity index (χ3v) is 2.81.